The maximum atomic E-state index is 12.9. The fourth-order valence-electron chi connectivity index (χ4n) is 2.92. The molecule has 0 aromatic heterocycles. The van der Waals surface area contributed by atoms with Crippen molar-refractivity contribution in [2.45, 2.75) is 75.5 Å². The number of rotatable bonds is 19. The van der Waals surface area contributed by atoms with Crippen LogP contribution in [0.25, 0.3) is 0 Å². The van der Waals surface area contributed by atoms with Gasteiger partial charge in [0.25, 0.3) is 0 Å². The minimum Gasteiger partial charge on any atom is -0.481 e. The van der Waals surface area contributed by atoms with Crippen LogP contribution in [0.1, 0.15) is 51.4 Å². The Labute approximate surface area is 206 Å². The summed E-state index contributed by atoms with van der Waals surface area (Å²) < 4.78 is 0. The lowest BCUT2D eigenvalue weighted by molar-refractivity contribution is -0.144. The SMILES string of the molecule is NCCCCC(NC(=O)C(N)CCC(N)=O)C(=O)NC(CC(=O)O)C(=O)NC(CCC(=O)O)C(=O)O. The van der Waals surface area contributed by atoms with Gasteiger partial charge in [-0.15, -0.1) is 0 Å². The normalized spacial score (nSPS) is 13.9. The molecule has 0 heterocycles. The third kappa shape index (κ3) is 13.8. The van der Waals surface area contributed by atoms with Crippen molar-refractivity contribution < 1.29 is 48.9 Å². The summed E-state index contributed by atoms with van der Waals surface area (Å²) in [5.41, 5.74) is 16.2. The maximum Gasteiger partial charge on any atom is 0.326 e. The third-order valence-electron chi connectivity index (χ3n) is 4.89. The highest BCUT2D eigenvalue weighted by Crippen LogP contribution is 2.06. The minimum atomic E-state index is -1.74. The van der Waals surface area contributed by atoms with Gasteiger partial charge in [0.15, 0.2) is 0 Å². The molecule has 0 saturated carbocycles. The highest BCUT2D eigenvalue weighted by molar-refractivity contribution is 5.95. The van der Waals surface area contributed by atoms with Crippen molar-refractivity contribution in [3.63, 3.8) is 0 Å². The second-order valence-electron chi connectivity index (χ2n) is 7.95. The van der Waals surface area contributed by atoms with Crippen molar-refractivity contribution in [2.75, 3.05) is 6.54 Å². The van der Waals surface area contributed by atoms with Crippen molar-refractivity contribution in [2.24, 2.45) is 17.2 Å². The van der Waals surface area contributed by atoms with Gasteiger partial charge in [-0.2, -0.15) is 0 Å². The van der Waals surface area contributed by atoms with Crippen LogP contribution in [0.15, 0.2) is 0 Å². The lowest BCUT2D eigenvalue weighted by Crippen LogP contribution is -2.57. The summed E-state index contributed by atoms with van der Waals surface area (Å²) in [7, 11) is 0. The number of amides is 4. The average molecular weight is 519 g/mol. The van der Waals surface area contributed by atoms with Crippen LogP contribution in [-0.2, 0) is 33.6 Å². The number of primary amides is 1. The van der Waals surface area contributed by atoms with E-state index in [0.29, 0.717) is 12.8 Å². The average Bonchev–Trinajstić information content (AvgIpc) is 2.77. The van der Waals surface area contributed by atoms with Crippen molar-refractivity contribution in [1.29, 1.82) is 0 Å². The Hall–Kier alpha value is -3.79. The lowest BCUT2D eigenvalue weighted by Gasteiger charge is -2.24. The fourth-order valence-corrected chi connectivity index (χ4v) is 2.92. The number of nitrogens with two attached hydrogens (primary N) is 3. The van der Waals surface area contributed by atoms with Gasteiger partial charge in [0.1, 0.15) is 18.1 Å². The molecule has 16 heteroatoms. The van der Waals surface area contributed by atoms with E-state index in [2.05, 4.69) is 10.6 Å². The number of carboxylic acid groups (broad SMARTS) is 3. The van der Waals surface area contributed by atoms with E-state index in [9.17, 15) is 38.7 Å². The third-order valence-corrected chi connectivity index (χ3v) is 4.89. The molecule has 0 aliphatic heterocycles. The van der Waals surface area contributed by atoms with Gasteiger partial charge in [0, 0.05) is 12.8 Å². The molecule has 0 fully saturated rings. The van der Waals surface area contributed by atoms with Gasteiger partial charge in [-0.1, -0.05) is 0 Å². The first-order chi connectivity index (χ1) is 16.8. The summed E-state index contributed by atoms with van der Waals surface area (Å²) >= 11 is 0. The summed E-state index contributed by atoms with van der Waals surface area (Å²) in [5, 5.41) is 33.6. The van der Waals surface area contributed by atoms with E-state index in [1.807, 2.05) is 5.32 Å². The van der Waals surface area contributed by atoms with Gasteiger partial charge in [0.05, 0.1) is 12.5 Å². The van der Waals surface area contributed by atoms with E-state index >= 15 is 0 Å². The van der Waals surface area contributed by atoms with Crippen LogP contribution < -0.4 is 33.2 Å². The fraction of sp³-hybridized carbons (Fsp3) is 0.650. The number of hydrogen-bond acceptors (Lipinski definition) is 9. The van der Waals surface area contributed by atoms with Crippen LogP contribution in [0.2, 0.25) is 0 Å². The smallest absolute Gasteiger partial charge is 0.326 e. The Kier molecular flexibility index (Phi) is 15.0. The highest BCUT2D eigenvalue weighted by Gasteiger charge is 2.31. The number of aliphatic carboxylic acids is 3. The van der Waals surface area contributed by atoms with E-state index in [-0.39, 0.29) is 25.8 Å². The lowest BCUT2D eigenvalue weighted by atomic mass is 10.0. The molecular formula is C20H34N6O10. The van der Waals surface area contributed by atoms with E-state index < -0.39 is 85.0 Å². The van der Waals surface area contributed by atoms with Crippen LogP contribution in [0.4, 0.5) is 0 Å². The number of unbranched alkanes of at least 4 members (excludes halogenated alkanes) is 1. The van der Waals surface area contributed by atoms with Gasteiger partial charge >= 0.3 is 17.9 Å². The molecule has 12 N–H and O–H groups in total. The largest absolute Gasteiger partial charge is 0.481 e. The van der Waals surface area contributed by atoms with Crippen LogP contribution in [-0.4, -0.2) is 87.6 Å². The Morgan fingerprint density at radius 1 is 0.667 bits per heavy atom. The molecule has 16 nitrogen and oxygen atoms in total. The first-order valence-electron chi connectivity index (χ1n) is 11.1. The van der Waals surface area contributed by atoms with Crippen LogP contribution in [0.5, 0.6) is 0 Å². The van der Waals surface area contributed by atoms with Crippen molar-refractivity contribution >= 4 is 41.5 Å². The molecular weight excluding hydrogens is 484 g/mol. The van der Waals surface area contributed by atoms with Crippen molar-refractivity contribution in [3.05, 3.63) is 0 Å². The molecule has 36 heavy (non-hydrogen) atoms. The number of carbonyl (C=O) groups excluding carboxylic acids is 4. The van der Waals surface area contributed by atoms with Crippen LogP contribution in [0, 0.1) is 0 Å². The molecule has 4 amide bonds. The Balaban J connectivity index is 5.52. The van der Waals surface area contributed by atoms with E-state index in [1.54, 1.807) is 0 Å². The topological polar surface area (TPSA) is 294 Å². The van der Waals surface area contributed by atoms with Crippen molar-refractivity contribution in [3.8, 4) is 0 Å². The Bertz CT molecular complexity index is 821. The molecule has 0 aromatic carbocycles. The second-order valence-corrected chi connectivity index (χ2v) is 7.95. The van der Waals surface area contributed by atoms with Gasteiger partial charge in [-0.3, -0.25) is 28.8 Å². The quantitative estimate of drug-likeness (QED) is 0.0755. The number of carbonyl (C=O) groups is 7. The number of nitrogens with one attached hydrogen (secondary N) is 3. The van der Waals surface area contributed by atoms with Crippen molar-refractivity contribution in [1.82, 2.24) is 16.0 Å². The predicted octanol–water partition coefficient (Wildman–Crippen LogP) is -3.41. The summed E-state index contributed by atoms with van der Waals surface area (Å²) in [6.07, 6.45) is -1.35. The number of hydrogen-bond donors (Lipinski definition) is 9. The zero-order chi connectivity index (χ0) is 27.8. The predicted molar refractivity (Wildman–Crippen MR) is 122 cm³/mol. The summed E-state index contributed by atoms with van der Waals surface area (Å²) in [4.78, 5) is 82.0. The Morgan fingerprint density at radius 3 is 1.72 bits per heavy atom. The summed E-state index contributed by atoms with van der Waals surface area (Å²) in [6, 6.07) is -5.81. The molecule has 0 spiro atoms. The van der Waals surface area contributed by atoms with Gasteiger partial charge in [0.2, 0.25) is 23.6 Å². The van der Waals surface area contributed by atoms with Gasteiger partial charge < -0.3 is 48.5 Å². The second kappa shape index (κ2) is 16.8. The number of carboxylic acids is 3. The first kappa shape index (κ1) is 32.2. The van der Waals surface area contributed by atoms with Crippen LogP contribution >= 0.6 is 0 Å². The molecule has 0 aromatic rings. The first-order valence-corrected chi connectivity index (χ1v) is 11.1. The molecule has 0 rings (SSSR count). The molecule has 0 saturated heterocycles. The van der Waals surface area contributed by atoms with Crippen LogP contribution in [0.3, 0.4) is 0 Å². The van der Waals surface area contributed by atoms with E-state index in [0.717, 1.165) is 0 Å². The van der Waals surface area contributed by atoms with Gasteiger partial charge in [-0.05, 0) is 38.6 Å². The molecule has 204 valence electrons. The summed E-state index contributed by atoms with van der Waals surface area (Å²) in [5.74, 6) is -7.94. The highest BCUT2D eigenvalue weighted by atomic mass is 16.4. The standard InChI is InChI=1S/C20H34N6O10/c21-8-2-1-3-11(24-17(32)10(22)4-6-14(23)27)18(33)26-13(9-16(30)31)19(34)25-12(20(35)36)5-7-15(28)29/h10-13H,1-9,21-22H2,(H2,23,27)(H,24,32)(H,25,34)(H,26,33)(H,28,29)(H,30,31)(H,35,36). The summed E-state index contributed by atoms with van der Waals surface area (Å²) in [6.45, 7) is 0.289. The zero-order valence-electron chi connectivity index (χ0n) is 19.6. The molecule has 0 aliphatic carbocycles. The van der Waals surface area contributed by atoms with E-state index in [1.165, 1.54) is 0 Å². The molecule has 0 radical (unpaired) electrons. The monoisotopic (exact) mass is 518 g/mol. The molecule has 4 atom stereocenters. The minimum absolute atomic E-state index is 0.0507. The zero-order valence-corrected chi connectivity index (χ0v) is 19.6. The maximum absolute atomic E-state index is 12.9. The molecule has 4 unspecified atom stereocenters. The van der Waals surface area contributed by atoms with Gasteiger partial charge in [-0.25, -0.2) is 4.79 Å². The molecule has 0 bridgehead atoms. The Morgan fingerprint density at radius 2 is 1.22 bits per heavy atom. The molecule has 0 aliphatic rings. The van der Waals surface area contributed by atoms with E-state index in [4.69, 9.17) is 27.4 Å².